The van der Waals surface area contributed by atoms with Crippen LogP contribution in [0.25, 0.3) is 0 Å². The van der Waals surface area contributed by atoms with Crippen LogP contribution in [0, 0.1) is 23.7 Å². The van der Waals surface area contributed by atoms with E-state index in [4.69, 9.17) is 29.7 Å². The number of pyridine rings is 1. The Morgan fingerprint density at radius 3 is 2.84 bits per heavy atom. The molecule has 2 fully saturated rings. The van der Waals surface area contributed by atoms with Crippen molar-refractivity contribution >= 4 is 11.9 Å². The number of dihydropyridines is 1. The molecule has 4 aliphatic heterocycles. The highest BCUT2D eigenvalue weighted by molar-refractivity contribution is 5.81. The summed E-state index contributed by atoms with van der Waals surface area (Å²) < 4.78 is 25.5. The highest BCUT2D eigenvalue weighted by Crippen LogP contribution is 2.45. The second kappa shape index (κ2) is 19.3. The molecule has 1 saturated carbocycles. The lowest BCUT2D eigenvalue weighted by atomic mass is 9.69. The lowest BCUT2D eigenvalue weighted by Gasteiger charge is -2.48. The molecule has 328 valence electrons. The average molecular weight is 847 g/mol. The van der Waals surface area contributed by atoms with Crippen molar-refractivity contribution in [3.8, 4) is 40.6 Å². The van der Waals surface area contributed by atoms with Gasteiger partial charge >= 0.3 is 5.97 Å². The summed E-state index contributed by atoms with van der Waals surface area (Å²) in [6.45, 7) is 3.80. The van der Waals surface area contributed by atoms with Gasteiger partial charge in [0.25, 0.3) is 0 Å². The van der Waals surface area contributed by atoms with E-state index in [0.717, 1.165) is 68.7 Å². The Balaban J connectivity index is 1.03. The molecule has 2 bridgehead atoms. The Hall–Kier alpha value is -6.07. The first-order valence-corrected chi connectivity index (χ1v) is 21.9. The molecule has 3 aromatic rings. The molecule has 14 nitrogen and oxygen atoms in total. The minimum Gasteiger partial charge on any atom is -0.504 e. The van der Waals surface area contributed by atoms with Crippen LogP contribution in [0.15, 0.2) is 83.4 Å². The molecular formula is C48H58N6O8. The molecule has 7 unspecified atom stereocenters. The Morgan fingerprint density at radius 2 is 2.00 bits per heavy atom. The molecular weight excluding hydrogens is 789 g/mol. The highest BCUT2D eigenvalue weighted by atomic mass is 16.6. The quantitative estimate of drug-likeness (QED) is 0.0547. The number of phenolic OH excluding ortho intramolecular Hbond substituents is 3. The number of aromatic nitrogens is 1. The molecule has 14 heteroatoms. The van der Waals surface area contributed by atoms with Gasteiger partial charge < -0.3 is 56.0 Å². The van der Waals surface area contributed by atoms with Crippen molar-refractivity contribution in [1.82, 2.24) is 20.9 Å². The fourth-order valence-electron chi connectivity index (χ4n) is 9.54. The largest absolute Gasteiger partial charge is 0.504 e. The maximum atomic E-state index is 12.4. The minimum absolute atomic E-state index is 0.0753. The lowest BCUT2D eigenvalue weighted by molar-refractivity contribution is -0.164. The first-order chi connectivity index (χ1) is 30.1. The zero-order chi connectivity index (χ0) is 43.1. The Labute approximate surface area is 363 Å². The third kappa shape index (κ3) is 10.3. The number of fused-ring (bicyclic) bond motifs is 4. The van der Waals surface area contributed by atoms with Crippen LogP contribution < -0.4 is 31.2 Å². The number of aromatic hydroxyl groups is 3. The van der Waals surface area contributed by atoms with Crippen molar-refractivity contribution in [2.75, 3.05) is 26.2 Å². The van der Waals surface area contributed by atoms with Gasteiger partial charge in [0.05, 0.1) is 36.1 Å². The number of benzene rings is 2. The Kier molecular flexibility index (Phi) is 13.3. The molecule has 1 spiro atoms. The molecule has 0 amide bonds. The van der Waals surface area contributed by atoms with Crippen LogP contribution in [0.2, 0.25) is 0 Å². The summed E-state index contributed by atoms with van der Waals surface area (Å²) in [4.78, 5) is 21.4. The molecule has 62 heavy (non-hydrogen) atoms. The van der Waals surface area contributed by atoms with Crippen molar-refractivity contribution in [2.24, 2.45) is 22.6 Å². The van der Waals surface area contributed by atoms with Gasteiger partial charge in [-0.2, -0.15) is 0 Å². The smallest absolute Gasteiger partial charge is 0.302 e. The number of ether oxygens (including phenoxy) is 4. The van der Waals surface area contributed by atoms with E-state index in [-0.39, 0.29) is 47.5 Å². The Bertz CT molecular complexity index is 2240. The zero-order valence-corrected chi connectivity index (χ0v) is 35.3. The predicted octanol–water partition coefficient (Wildman–Crippen LogP) is 5.57. The van der Waals surface area contributed by atoms with Gasteiger partial charge in [0, 0.05) is 70.6 Å². The van der Waals surface area contributed by atoms with E-state index in [1.54, 1.807) is 24.5 Å². The van der Waals surface area contributed by atoms with Crippen molar-refractivity contribution in [3.63, 3.8) is 0 Å². The number of nitrogens with one attached hydrogen (secondary N) is 3. The first kappa shape index (κ1) is 42.6. The van der Waals surface area contributed by atoms with E-state index in [9.17, 15) is 20.1 Å². The number of aliphatic imine (C=N–C) groups is 1. The summed E-state index contributed by atoms with van der Waals surface area (Å²) in [6.07, 6.45) is 13.5. The number of phenols is 3. The number of nitrogens with zero attached hydrogens (tertiary/aromatic N) is 2. The van der Waals surface area contributed by atoms with Gasteiger partial charge in [0.15, 0.2) is 29.0 Å². The fraction of sp³-hybridized carbons (Fsp3) is 0.479. The predicted molar refractivity (Wildman–Crippen MR) is 233 cm³/mol. The van der Waals surface area contributed by atoms with Gasteiger partial charge in [-0.25, -0.2) is 0 Å². The highest BCUT2D eigenvalue weighted by Gasteiger charge is 2.48. The van der Waals surface area contributed by atoms with Crippen LogP contribution in [0.5, 0.6) is 28.7 Å². The van der Waals surface area contributed by atoms with Crippen molar-refractivity contribution in [2.45, 2.75) is 108 Å². The van der Waals surface area contributed by atoms with E-state index >= 15 is 0 Å². The first-order valence-electron chi connectivity index (χ1n) is 21.9. The van der Waals surface area contributed by atoms with E-state index < -0.39 is 29.8 Å². The average Bonchev–Trinajstić information content (AvgIpc) is 3.28. The topological polar surface area (TPSA) is 202 Å². The summed E-state index contributed by atoms with van der Waals surface area (Å²) in [6, 6.07) is 12.5. The summed E-state index contributed by atoms with van der Waals surface area (Å²) in [5, 5.41) is 43.2. The number of carbonyl (C=O) groups excluding carboxylic acids is 1. The maximum absolute atomic E-state index is 12.4. The van der Waals surface area contributed by atoms with E-state index in [1.807, 2.05) is 30.3 Å². The molecule has 8 N–H and O–H groups in total. The molecule has 5 heterocycles. The van der Waals surface area contributed by atoms with Crippen LogP contribution in [-0.2, 0) is 27.1 Å². The van der Waals surface area contributed by atoms with Crippen LogP contribution in [0.4, 0.5) is 0 Å². The SMILES string of the molecule is CC(=O)OC1CC(c2cc(O)c(O)c(OCCc3cccnc3)c2)OC(C2CC#CC3C(CCCC34CCN=C(NCCCC3=CCNC(N)=C3)N4)Oc3cc(ccc3O)C2)C1. The van der Waals surface area contributed by atoms with Crippen LogP contribution >= 0.6 is 0 Å². The van der Waals surface area contributed by atoms with Gasteiger partial charge in [-0.1, -0.05) is 24.1 Å². The number of rotatable bonds is 11. The molecule has 8 rings (SSSR count). The third-order valence-electron chi connectivity index (χ3n) is 12.6. The molecule has 2 aromatic carbocycles. The molecule has 1 aliphatic carbocycles. The van der Waals surface area contributed by atoms with Gasteiger partial charge in [-0.05, 0) is 104 Å². The van der Waals surface area contributed by atoms with Crippen molar-refractivity contribution in [3.05, 3.63) is 95.1 Å². The lowest BCUT2D eigenvalue weighted by Crippen LogP contribution is -2.64. The number of hydrogen-bond acceptors (Lipinski definition) is 14. The van der Waals surface area contributed by atoms with Crippen LogP contribution in [-0.4, -0.2) is 82.3 Å². The van der Waals surface area contributed by atoms with Gasteiger partial charge in [-0.3, -0.25) is 14.8 Å². The van der Waals surface area contributed by atoms with Crippen molar-refractivity contribution in [1.29, 1.82) is 0 Å². The van der Waals surface area contributed by atoms with E-state index in [0.29, 0.717) is 55.8 Å². The number of guanidine groups is 1. The second-order valence-corrected chi connectivity index (χ2v) is 17.1. The van der Waals surface area contributed by atoms with Crippen LogP contribution in [0.3, 0.4) is 0 Å². The second-order valence-electron chi connectivity index (χ2n) is 17.1. The monoisotopic (exact) mass is 846 g/mol. The zero-order valence-electron chi connectivity index (χ0n) is 35.3. The molecule has 0 radical (unpaired) electrons. The number of nitrogens with two attached hydrogens (primary N) is 1. The number of esters is 1. The summed E-state index contributed by atoms with van der Waals surface area (Å²) in [5.74, 6) is 7.96. The van der Waals surface area contributed by atoms with Crippen LogP contribution in [0.1, 0.15) is 87.5 Å². The van der Waals surface area contributed by atoms with E-state index in [1.165, 1.54) is 18.6 Å². The normalized spacial score (nSPS) is 26.8. The number of hydrogen-bond donors (Lipinski definition) is 7. The Morgan fingerprint density at radius 1 is 1.10 bits per heavy atom. The van der Waals surface area contributed by atoms with Crippen molar-refractivity contribution < 1.29 is 39.1 Å². The summed E-state index contributed by atoms with van der Waals surface area (Å²) >= 11 is 0. The number of carbonyl (C=O) groups is 1. The molecule has 1 aromatic heterocycles. The summed E-state index contributed by atoms with van der Waals surface area (Å²) in [7, 11) is 0. The number of allylic oxidation sites excluding steroid dienone is 2. The standard InChI is InChI=1S/C48H58N6O8/c1-30(55)60-36-27-41(62-42(28-36)35-25-39(57)46(58)44(26-35)59-21-14-32-7-4-17-50-29-32)34-8-2-9-37-40(61-43-23-33(22-34)11-12-38(43)56)10-3-15-48(37)16-20-53-47(54-48)52-18-5-6-31-13-19-51-45(49)24-31/h4,7,11-13,17,23-26,29,34,36-37,40-42,51,56-58H,3,5-6,8,10,14-16,18-22,27-28,49H2,1H3,(H2,52,53,54). The fourth-order valence-corrected chi connectivity index (χ4v) is 9.54. The molecule has 5 aliphatic rings. The molecule has 7 atom stereocenters. The van der Waals surface area contributed by atoms with Gasteiger partial charge in [-0.15, -0.1) is 5.92 Å². The maximum Gasteiger partial charge on any atom is 0.302 e. The van der Waals surface area contributed by atoms with Gasteiger partial charge in [0.2, 0.25) is 5.75 Å². The third-order valence-corrected chi connectivity index (χ3v) is 12.6. The molecule has 1 saturated heterocycles. The van der Waals surface area contributed by atoms with Gasteiger partial charge in [0.1, 0.15) is 12.2 Å². The minimum atomic E-state index is -0.594. The van der Waals surface area contributed by atoms with E-state index in [2.05, 4.69) is 38.9 Å². The summed E-state index contributed by atoms with van der Waals surface area (Å²) in [5.41, 5.74) is 9.34.